The maximum Gasteiger partial charge on any atom is 0.223 e. The summed E-state index contributed by atoms with van der Waals surface area (Å²) >= 11 is 0. The molecule has 114 valence electrons. The van der Waals surface area contributed by atoms with Crippen LogP contribution in [-0.2, 0) is 24.3 Å². The molecule has 3 rings (SSSR count). The van der Waals surface area contributed by atoms with Gasteiger partial charge in [-0.25, -0.2) is 9.97 Å². The van der Waals surface area contributed by atoms with Crippen molar-refractivity contribution in [1.82, 2.24) is 14.9 Å². The van der Waals surface area contributed by atoms with E-state index in [-0.39, 0.29) is 11.9 Å². The summed E-state index contributed by atoms with van der Waals surface area (Å²) in [5.41, 5.74) is 11.2. The molecule has 2 heterocycles. The van der Waals surface area contributed by atoms with Crippen molar-refractivity contribution in [1.29, 1.82) is 0 Å². The van der Waals surface area contributed by atoms with Crippen LogP contribution in [0.2, 0.25) is 0 Å². The highest BCUT2D eigenvalue weighted by Gasteiger charge is 2.24. The highest BCUT2D eigenvalue weighted by Crippen LogP contribution is 2.22. The van der Waals surface area contributed by atoms with Crippen molar-refractivity contribution in [2.75, 3.05) is 5.73 Å². The number of benzene rings is 1. The average molecular weight is 296 g/mol. The minimum Gasteiger partial charge on any atom is -0.368 e. The molecule has 0 atom stereocenters. The van der Waals surface area contributed by atoms with E-state index in [1.165, 1.54) is 16.7 Å². The van der Waals surface area contributed by atoms with E-state index in [4.69, 9.17) is 5.73 Å². The lowest BCUT2D eigenvalue weighted by Crippen LogP contribution is -2.25. The van der Waals surface area contributed by atoms with Crippen molar-refractivity contribution in [2.45, 2.75) is 39.8 Å². The predicted octanol–water partition coefficient (Wildman–Crippen LogP) is 2.15. The molecule has 0 saturated carbocycles. The fraction of sp³-hybridized carbons (Fsp3) is 0.353. The molecule has 1 aromatic carbocycles. The van der Waals surface area contributed by atoms with Gasteiger partial charge < -0.3 is 10.6 Å². The number of amides is 1. The quantitative estimate of drug-likeness (QED) is 0.942. The summed E-state index contributed by atoms with van der Waals surface area (Å²) in [6.45, 7) is 5.31. The third kappa shape index (κ3) is 2.93. The number of hydrogen-bond donors (Lipinski definition) is 1. The molecule has 1 aromatic heterocycles. The second-order valence-electron chi connectivity index (χ2n) is 5.87. The Kier molecular flexibility index (Phi) is 3.79. The van der Waals surface area contributed by atoms with Gasteiger partial charge in [0, 0.05) is 24.7 Å². The maximum atomic E-state index is 12.4. The molecule has 0 unspecified atom stereocenters. The van der Waals surface area contributed by atoms with Crippen LogP contribution in [0.5, 0.6) is 0 Å². The van der Waals surface area contributed by atoms with Crippen LogP contribution in [0.1, 0.15) is 34.4 Å². The molecular formula is C17H20N4O. The van der Waals surface area contributed by atoms with Crippen molar-refractivity contribution in [2.24, 2.45) is 0 Å². The van der Waals surface area contributed by atoms with Crippen molar-refractivity contribution in [3.63, 3.8) is 0 Å². The molecule has 0 fully saturated rings. The molecule has 5 nitrogen and oxygen atoms in total. The summed E-state index contributed by atoms with van der Waals surface area (Å²) in [4.78, 5) is 22.4. The first-order chi connectivity index (χ1) is 10.5. The number of fused-ring (bicyclic) bond motifs is 1. The van der Waals surface area contributed by atoms with Crippen LogP contribution in [0.15, 0.2) is 24.4 Å². The highest BCUT2D eigenvalue weighted by atomic mass is 16.2. The number of anilines is 1. The molecule has 0 saturated heterocycles. The van der Waals surface area contributed by atoms with Gasteiger partial charge in [-0.15, -0.1) is 0 Å². The number of aryl methyl sites for hydroxylation is 3. The lowest BCUT2D eigenvalue weighted by atomic mass is 10.0. The average Bonchev–Trinajstić information content (AvgIpc) is 2.91. The lowest BCUT2D eigenvalue weighted by Gasteiger charge is -2.15. The zero-order chi connectivity index (χ0) is 15.7. The topological polar surface area (TPSA) is 72.1 Å². The van der Waals surface area contributed by atoms with Crippen LogP contribution >= 0.6 is 0 Å². The summed E-state index contributed by atoms with van der Waals surface area (Å²) in [5.74, 6) is 0.415. The molecule has 0 aliphatic carbocycles. The van der Waals surface area contributed by atoms with E-state index in [0.717, 1.165) is 17.7 Å². The van der Waals surface area contributed by atoms with Crippen LogP contribution in [0.25, 0.3) is 0 Å². The normalized spacial score (nSPS) is 13.3. The van der Waals surface area contributed by atoms with Crippen LogP contribution in [-0.4, -0.2) is 20.8 Å². The molecular weight excluding hydrogens is 276 g/mol. The van der Waals surface area contributed by atoms with Crippen LogP contribution in [0.3, 0.4) is 0 Å². The largest absolute Gasteiger partial charge is 0.368 e. The van der Waals surface area contributed by atoms with Gasteiger partial charge in [0.25, 0.3) is 0 Å². The first kappa shape index (κ1) is 14.5. The van der Waals surface area contributed by atoms with Crippen molar-refractivity contribution < 1.29 is 4.79 Å². The second kappa shape index (κ2) is 5.75. The number of nitrogen functional groups attached to an aromatic ring is 1. The van der Waals surface area contributed by atoms with E-state index < -0.39 is 0 Å². The number of carbonyl (C=O) groups excluding carboxylic acids is 1. The Bertz CT molecular complexity index is 727. The van der Waals surface area contributed by atoms with E-state index in [9.17, 15) is 4.79 Å². The van der Waals surface area contributed by atoms with E-state index in [1.807, 2.05) is 4.90 Å². The zero-order valence-corrected chi connectivity index (χ0v) is 13.0. The first-order valence-corrected chi connectivity index (χ1v) is 7.47. The SMILES string of the molecule is Cc1ccc(CCC(=O)N2Cc3cnc(N)nc3C2)cc1C. The monoisotopic (exact) mass is 296 g/mol. The highest BCUT2D eigenvalue weighted by molar-refractivity contribution is 5.77. The molecule has 1 aliphatic rings. The molecule has 1 amide bonds. The molecule has 1 aliphatic heterocycles. The first-order valence-electron chi connectivity index (χ1n) is 7.47. The van der Waals surface area contributed by atoms with Gasteiger partial charge in [0.15, 0.2) is 0 Å². The molecule has 5 heteroatoms. The number of nitrogens with zero attached hydrogens (tertiary/aromatic N) is 3. The molecule has 0 bridgehead atoms. The molecule has 0 radical (unpaired) electrons. The molecule has 2 N–H and O–H groups in total. The minimum absolute atomic E-state index is 0.148. The zero-order valence-electron chi connectivity index (χ0n) is 13.0. The third-order valence-electron chi connectivity index (χ3n) is 4.23. The smallest absolute Gasteiger partial charge is 0.223 e. The number of hydrogen-bond acceptors (Lipinski definition) is 4. The Balaban J connectivity index is 1.60. The summed E-state index contributed by atoms with van der Waals surface area (Å²) in [6, 6.07) is 6.37. The van der Waals surface area contributed by atoms with Gasteiger partial charge in [0.1, 0.15) is 0 Å². The van der Waals surface area contributed by atoms with Crippen molar-refractivity contribution >= 4 is 11.9 Å². The van der Waals surface area contributed by atoms with Gasteiger partial charge in [-0.3, -0.25) is 4.79 Å². The fourth-order valence-electron chi connectivity index (χ4n) is 2.71. The van der Waals surface area contributed by atoms with Gasteiger partial charge in [0.05, 0.1) is 12.2 Å². The van der Waals surface area contributed by atoms with Crippen molar-refractivity contribution in [3.05, 3.63) is 52.3 Å². The second-order valence-corrected chi connectivity index (χ2v) is 5.87. The summed E-state index contributed by atoms with van der Waals surface area (Å²) in [7, 11) is 0. The van der Waals surface area contributed by atoms with Crippen LogP contribution in [0, 0.1) is 13.8 Å². The Morgan fingerprint density at radius 1 is 1.27 bits per heavy atom. The van der Waals surface area contributed by atoms with Crippen LogP contribution in [0.4, 0.5) is 5.95 Å². The van der Waals surface area contributed by atoms with Gasteiger partial charge in [-0.05, 0) is 37.0 Å². The molecule has 0 spiro atoms. The number of aromatic nitrogens is 2. The lowest BCUT2D eigenvalue weighted by molar-refractivity contribution is -0.131. The van der Waals surface area contributed by atoms with E-state index >= 15 is 0 Å². The molecule has 2 aromatic rings. The molecule has 22 heavy (non-hydrogen) atoms. The Labute approximate surface area is 130 Å². The fourth-order valence-corrected chi connectivity index (χ4v) is 2.71. The Morgan fingerprint density at radius 2 is 2.09 bits per heavy atom. The Hall–Kier alpha value is -2.43. The van der Waals surface area contributed by atoms with Gasteiger partial charge in [-0.1, -0.05) is 18.2 Å². The van der Waals surface area contributed by atoms with E-state index in [2.05, 4.69) is 42.0 Å². The van der Waals surface area contributed by atoms with Gasteiger partial charge in [0.2, 0.25) is 11.9 Å². The van der Waals surface area contributed by atoms with Gasteiger partial charge in [-0.2, -0.15) is 0 Å². The van der Waals surface area contributed by atoms with E-state index in [1.54, 1.807) is 6.20 Å². The van der Waals surface area contributed by atoms with Crippen molar-refractivity contribution in [3.8, 4) is 0 Å². The number of rotatable bonds is 3. The minimum atomic E-state index is 0.148. The van der Waals surface area contributed by atoms with E-state index in [0.29, 0.717) is 19.5 Å². The maximum absolute atomic E-state index is 12.4. The number of nitrogens with two attached hydrogens (primary N) is 1. The predicted molar refractivity (Wildman–Crippen MR) is 84.9 cm³/mol. The van der Waals surface area contributed by atoms with Gasteiger partial charge >= 0.3 is 0 Å². The summed E-state index contributed by atoms with van der Waals surface area (Å²) in [5, 5.41) is 0. The Morgan fingerprint density at radius 3 is 2.86 bits per heavy atom. The standard InChI is InChI=1S/C17H20N4O/c1-11-3-4-13(7-12(11)2)5-6-16(22)21-9-14-8-19-17(18)20-15(14)10-21/h3-4,7-8H,5-6,9-10H2,1-2H3,(H2,18,19,20). The summed E-state index contributed by atoms with van der Waals surface area (Å²) in [6.07, 6.45) is 2.99. The van der Waals surface area contributed by atoms with Crippen LogP contribution < -0.4 is 5.73 Å². The summed E-state index contributed by atoms with van der Waals surface area (Å²) < 4.78 is 0. The third-order valence-corrected chi connectivity index (χ3v) is 4.23. The number of carbonyl (C=O) groups is 1.